The summed E-state index contributed by atoms with van der Waals surface area (Å²) in [5.41, 5.74) is 1.77. The molecule has 1 atom stereocenters. The molecule has 6 heteroatoms. The lowest BCUT2D eigenvalue weighted by Crippen LogP contribution is -2.45. The predicted octanol–water partition coefficient (Wildman–Crippen LogP) is 1.11. The van der Waals surface area contributed by atoms with Crippen LogP contribution in [0.25, 0.3) is 0 Å². The van der Waals surface area contributed by atoms with Crippen molar-refractivity contribution >= 4 is 5.91 Å². The van der Waals surface area contributed by atoms with Crippen molar-refractivity contribution < 1.29 is 14.3 Å². The number of aryl methyl sites for hydroxylation is 2. The van der Waals surface area contributed by atoms with Crippen LogP contribution in [0.4, 0.5) is 0 Å². The minimum atomic E-state index is -0.0502. The molecule has 2 rings (SSSR count). The van der Waals surface area contributed by atoms with Crippen LogP contribution in [0.2, 0.25) is 0 Å². The van der Waals surface area contributed by atoms with Gasteiger partial charge in [-0.05, 0) is 32.8 Å². The summed E-state index contributed by atoms with van der Waals surface area (Å²) < 4.78 is 10.7. The summed E-state index contributed by atoms with van der Waals surface area (Å²) in [7, 11) is 1.53. The Bertz CT molecular complexity index is 458. The Balaban J connectivity index is 1.97. The third-order valence-corrected chi connectivity index (χ3v) is 3.23. The van der Waals surface area contributed by atoms with Gasteiger partial charge in [0.2, 0.25) is 5.91 Å². The van der Waals surface area contributed by atoms with Gasteiger partial charge in [-0.15, -0.1) is 0 Å². The summed E-state index contributed by atoms with van der Waals surface area (Å²) in [6.45, 7) is 5.27. The van der Waals surface area contributed by atoms with E-state index in [4.69, 9.17) is 9.47 Å². The van der Waals surface area contributed by atoms with Crippen molar-refractivity contribution in [2.75, 3.05) is 26.8 Å². The first-order valence-corrected chi connectivity index (χ1v) is 6.84. The number of hydrogen-bond acceptors (Lipinski definition) is 5. The van der Waals surface area contributed by atoms with Crippen LogP contribution in [0.15, 0.2) is 6.07 Å². The van der Waals surface area contributed by atoms with Gasteiger partial charge in [0, 0.05) is 25.0 Å². The molecule has 0 radical (unpaired) electrons. The summed E-state index contributed by atoms with van der Waals surface area (Å²) in [6, 6.07) is 2.30. The number of aromatic nitrogens is 2. The second-order valence-electron chi connectivity index (χ2n) is 5.09. The number of piperidine rings is 1. The molecular formula is C14H21N3O3. The van der Waals surface area contributed by atoms with E-state index in [1.807, 2.05) is 19.9 Å². The van der Waals surface area contributed by atoms with Crippen molar-refractivity contribution in [3.05, 3.63) is 17.5 Å². The van der Waals surface area contributed by atoms with Crippen LogP contribution in [-0.4, -0.2) is 53.7 Å². The van der Waals surface area contributed by atoms with Gasteiger partial charge in [-0.3, -0.25) is 4.79 Å². The molecular weight excluding hydrogens is 258 g/mol. The second-order valence-corrected chi connectivity index (χ2v) is 5.09. The number of carbonyl (C=O) groups excluding carboxylic acids is 1. The first-order chi connectivity index (χ1) is 9.58. The van der Waals surface area contributed by atoms with Gasteiger partial charge in [0.05, 0.1) is 6.54 Å². The maximum absolute atomic E-state index is 11.8. The van der Waals surface area contributed by atoms with Crippen LogP contribution in [0.1, 0.15) is 24.2 Å². The highest BCUT2D eigenvalue weighted by atomic mass is 16.5. The molecule has 20 heavy (non-hydrogen) atoms. The maximum atomic E-state index is 11.8. The number of methoxy groups -OCH3 is 1. The van der Waals surface area contributed by atoms with Crippen molar-refractivity contribution in [2.24, 2.45) is 0 Å². The molecule has 0 aliphatic carbocycles. The van der Waals surface area contributed by atoms with Crippen molar-refractivity contribution in [1.29, 1.82) is 0 Å². The van der Waals surface area contributed by atoms with Gasteiger partial charge < -0.3 is 14.4 Å². The van der Waals surface area contributed by atoms with E-state index >= 15 is 0 Å². The van der Waals surface area contributed by atoms with Gasteiger partial charge in [0.1, 0.15) is 12.7 Å². The molecule has 0 saturated carbocycles. The lowest BCUT2D eigenvalue weighted by Gasteiger charge is -2.32. The molecule has 110 valence electrons. The van der Waals surface area contributed by atoms with Gasteiger partial charge in [0.25, 0.3) is 0 Å². The molecule has 1 aromatic rings. The summed E-state index contributed by atoms with van der Waals surface area (Å²) in [4.78, 5) is 22.1. The highest BCUT2D eigenvalue weighted by Gasteiger charge is 2.25. The van der Waals surface area contributed by atoms with E-state index in [2.05, 4.69) is 9.97 Å². The summed E-state index contributed by atoms with van der Waals surface area (Å²) in [5.74, 6) is 0.00198. The Kier molecular flexibility index (Phi) is 4.89. The van der Waals surface area contributed by atoms with E-state index in [1.54, 1.807) is 4.90 Å². The number of rotatable bonds is 4. The number of ether oxygens (including phenoxy) is 2. The van der Waals surface area contributed by atoms with Crippen LogP contribution in [0, 0.1) is 13.8 Å². The maximum Gasteiger partial charge on any atom is 0.317 e. The molecule has 0 spiro atoms. The molecule has 6 nitrogen and oxygen atoms in total. The highest BCUT2D eigenvalue weighted by molar-refractivity contribution is 5.77. The smallest absolute Gasteiger partial charge is 0.317 e. The molecule has 0 aromatic carbocycles. The minimum Gasteiger partial charge on any atom is -0.458 e. The van der Waals surface area contributed by atoms with Crippen molar-refractivity contribution in [3.63, 3.8) is 0 Å². The van der Waals surface area contributed by atoms with Gasteiger partial charge in [-0.1, -0.05) is 0 Å². The van der Waals surface area contributed by atoms with Crippen molar-refractivity contribution in [1.82, 2.24) is 14.9 Å². The molecule has 1 saturated heterocycles. The first-order valence-electron chi connectivity index (χ1n) is 6.84. The van der Waals surface area contributed by atoms with Gasteiger partial charge in [-0.25, -0.2) is 9.97 Å². The van der Waals surface area contributed by atoms with Gasteiger partial charge >= 0.3 is 6.01 Å². The Morgan fingerprint density at radius 3 is 2.75 bits per heavy atom. The van der Waals surface area contributed by atoms with E-state index in [-0.39, 0.29) is 18.6 Å². The SMILES string of the molecule is COCC(=O)N1CCCC(Oc2nc(C)cc(C)n2)C1. The topological polar surface area (TPSA) is 64.5 Å². The van der Waals surface area contributed by atoms with Crippen LogP contribution >= 0.6 is 0 Å². The monoisotopic (exact) mass is 279 g/mol. The average molecular weight is 279 g/mol. The van der Waals surface area contributed by atoms with E-state index in [1.165, 1.54) is 7.11 Å². The largest absolute Gasteiger partial charge is 0.458 e. The fourth-order valence-electron chi connectivity index (χ4n) is 2.37. The highest BCUT2D eigenvalue weighted by Crippen LogP contribution is 2.16. The van der Waals surface area contributed by atoms with E-state index in [0.29, 0.717) is 12.6 Å². The second kappa shape index (κ2) is 6.65. The number of amides is 1. The third kappa shape index (κ3) is 3.90. The molecule has 1 amide bonds. The number of nitrogens with zero attached hydrogens (tertiary/aromatic N) is 3. The molecule has 0 bridgehead atoms. The third-order valence-electron chi connectivity index (χ3n) is 3.23. The average Bonchev–Trinajstić information content (AvgIpc) is 2.38. The first kappa shape index (κ1) is 14.7. The minimum absolute atomic E-state index is 0.00198. The fraction of sp³-hybridized carbons (Fsp3) is 0.643. The van der Waals surface area contributed by atoms with E-state index < -0.39 is 0 Å². The van der Waals surface area contributed by atoms with Gasteiger partial charge in [-0.2, -0.15) is 0 Å². The fourth-order valence-corrected chi connectivity index (χ4v) is 2.37. The van der Waals surface area contributed by atoms with Gasteiger partial charge in [0.15, 0.2) is 0 Å². The van der Waals surface area contributed by atoms with Crippen molar-refractivity contribution in [3.8, 4) is 6.01 Å². The summed E-state index contributed by atoms with van der Waals surface area (Å²) in [5, 5.41) is 0. The number of hydrogen-bond donors (Lipinski definition) is 0. The molecule has 1 fully saturated rings. The summed E-state index contributed by atoms with van der Waals surface area (Å²) in [6.07, 6.45) is 1.78. The Hall–Kier alpha value is -1.69. The standard InChI is InChI=1S/C14H21N3O3/c1-10-7-11(2)16-14(15-10)20-12-5-4-6-17(8-12)13(18)9-19-3/h7,12H,4-6,8-9H2,1-3H3. The normalized spacial score (nSPS) is 18.9. The lowest BCUT2D eigenvalue weighted by molar-refractivity contribution is -0.137. The molecule has 1 aliphatic rings. The Morgan fingerprint density at radius 1 is 1.40 bits per heavy atom. The zero-order chi connectivity index (χ0) is 14.5. The summed E-state index contributed by atoms with van der Waals surface area (Å²) >= 11 is 0. The molecule has 0 N–H and O–H groups in total. The molecule has 1 unspecified atom stereocenters. The zero-order valence-electron chi connectivity index (χ0n) is 12.3. The lowest BCUT2D eigenvalue weighted by atomic mass is 10.1. The van der Waals surface area contributed by atoms with Crippen LogP contribution in [0.5, 0.6) is 6.01 Å². The van der Waals surface area contributed by atoms with Crippen molar-refractivity contribution in [2.45, 2.75) is 32.8 Å². The molecule has 1 aliphatic heterocycles. The number of carbonyl (C=O) groups is 1. The Morgan fingerprint density at radius 2 is 2.10 bits per heavy atom. The van der Waals surface area contributed by atoms with E-state index in [9.17, 15) is 4.79 Å². The number of likely N-dealkylation sites (tertiary alicyclic amines) is 1. The van der Waals surface area contributed by atoms with E-state index in [0.717, 1.165) is 30.8 Å². The zero-order valence-corrected chi connectivity index (χ0v) is 12.3. The van der Waals surface area contributed by atoms with Crippen LogP contribution in [-0.2, 0) is 9.53 Å². The Labute approximate surface area is 119 Å². The predicted molar refractivity (Wildman–Crippen MR) is 73.6 cm³/mol. The molecule has 2 heterocycles. The quantitative estimate of drug-likeness (QED) is 0.826. The van der Waals surface area contributed by atoms with Crippen LogP contribution in [0.3, 0.4) is 0 Å². The van der Waals surface area contributed by atoms with Crippen LogP contribution < -0.4 is 4.74 Å². The molecule has 1 aromatic heterocycles.